The van der Waals surface area contributed by atoms with E-state index in [4.69, 9.17) is 22.7 Å². The van der Waals surface area contributed by atoms with Crippen LogP contribution in [0.2, 0.25) is 0 Å². The minimum absolute atomic E-state index is 0.329. The van der Waals surface area contributed by atoms with Crippen LogP contribution in [0, 0.1) is 0 Å². The molecule has 2 N–H and O–H groups in total. The van der Waals surface area contributed by atoms with Crippen LogP contribution in [0.4, 0.5) is 0 Å². The first kappa shape index (κ1) is 12.9. The van der Waals surface area contributed by atoms with Crippen molar-refractivity contribution in [3.8, 4) is 0 Å². The molecule has 0 aliphatic carbocycles. The van der Waals surface area contributed by atoms with Gasteiger partial charge in [-0.3, -0.25) is 4.90 Å². The normalized spacial score (nSPS) is 28.3. The Bertz CT molecular complexity index is 223. The van der Waals surface area contributed by atoms with Gasteiger partial charge in [-0.2, -0.15) is 0 Å². The van der Waals surface area contributed by atoms with Gasteiger partial charge in [0.2, 0.25) is 0 Å². The van der Waals surface area contributed by atoms with Crippen molar-refractivity contribution in [1.29, 1.82) is 0 Å². The van der Waals surface area contributed by atoms with Crippen molar-refractivity contribution in [2.24, 2.45) is 5.73 Å². The minimum atomic E-state index is 0.329. The van der Waals surface area contributed by atoms with E-state index in [1.54, 1.807) is 0 Å². The highest BCUT2D eigenvalue weighted by atomic mass is 32.1. The molecule has 0 bridgehead atoms. The van der Waals surface area contributed by atoms with E-state index in [9.17, 15) is 0 Å². The van der Waals surface area contributed by atoms with Gasteiger partial charge in [0.15, 0.2) is 0 Å². The molecule has 0 saturated carbocycles. The van der Waals surface area contributed by atoms with Crippen LogP contribution in [0.5, 0.6) is 0 Å². The summed E-state index contributed by atoms with van der Waals surface area (Å²) in [6.07, 6.45) is 3.34. The van der Waals surface area contributed by atoms with Gasteiger partial charge in [-0.05, 0) is 26.8 Å². The van der Waals surface area contributed by atoms with Crippen molar-refractivity contribution in [1.82, 2.24) is 4.90 Å². The Balaban J connectivity index is 2.55. The molecule has 88 valence electrons. The van der Waals surface area contributed by atoms with Crippen molar-refractivity contribution in [3.63, 3.8) is 0 Å². The monoisotopic (exact) mass is 230 g/mol. The summed E-state index contributed by atoms with van der Waals surface area (Å²) in [6, 6.07) is 0.973. The molecule has 1 saturated heterocycles. The first-order chi connectivity index (χ1) is 7.06. The summed E-state index contributed by atoms with van der Waals surface area (Å²) in [5.74, 6) is 0. The number of hydrogen-bond donors (Lipinski definition) is 1. The Labute approximate surface area is 98.0 Å². The first-order valence-corrected chi connectivity index (χ1v) is 6.09. The van der Waals surface area contributed by atoms with Crippen LogP contribution in [0.25, 0.3) is 0 Å². The summed E-state index contributed by atoms with van der Waals surface area (Å²) in [5, 5.41) is 0. The fraction of sp³-hybridized carbons (Fsp3) is 0.909. The van der Waals surface area contributed by atoms with Gasteiger partial charge in [0.25, 0.3) is 0 Å². The highest BCUT2D eigenvalue weighted by Crippen LogP contribution is 2.22. The van der Waals surface area contributed by atoms with Crippen molar-refractivity contribution >= 4 is 17.2 Å². The Kier molecular flexibility index (Phi) is 4.96. The number of likely N-dealkylation sites (N-methyl/N-ethyl adjacent to an activating group) is 1. The topological polar surface area (TPSA) is 38.5 Å². The predicted octanol–water partition coefficient (Wildman–Crippen LogP) is 1.55. The number of rotatable bonds is 5. The van der Waals surface area contributed by atoms with Crippen LogP contribution in [0.3, 0.4) is 0 Å². The molecule has 3 nitrogen and oxygen atoms in total. The molecule has 0 aromatic rings. The fourth-order valence-corrected chi connectivity index (χ4v) is 2.53. The summed E-state index contributed by atoms with van der Waals surface area (Å²) < 4.78 is 5.58. The van der Waals surface area contributed by atoms with Crippen LogP contribution in [0.15, 0.2) is 0 Å². The van der Waals surface area contributed by atoms with Crippen LogP contribution in [-0.2, 0) is 4.74 Å². The van der Waals surface area contributed by atoms with Crippen LogP contribution >= 0.6 is 12.2 Å². The molecular weight excluding hydrogens is 208 g/mol. The number of thiocarbonyl (C=S) groups is 1. The molecule has 0 aromatic heterocycles. The van der Waals surface area contributed by atoms with E-state index in [1.165, 1.54) is 0 Å². The van der Waals surface area contributed by atoms with E-state index in [-0.39, 0.29) is 0 Å². The van der Waals surface area contributed by atoms with Crippen LogP contribution in [0.1, 0.15) is 33.1 Å². The average molecular weight is 230 g/mol. The molecule has 4 heteroatoms. The fourth-order valence-electron chi connectivity index (χ4n) is 2.33. The Hall–Kier alpha value is -0.190. The molecule has 0 amide bonds. The van der Waals surface area contributed by atoms with E-state index < -0.39 is 0 Å². The van der Waals surface area contributed by atoms with E-state index in [0.29, 0.717) is 23.2 Å². The van der Waals surface area contributed by atoms with Gasteiger partial charge in [0.1, 0.15) is 0 Å². The summed E-state index contributed by atoms with van der Waals surface area (Å²) in [7, 11) is 2.16. The third-order valence-corrected chi connectivity index (χ3v) is 3.51. The van der Waals surface area contributed by atoms with E-state index in [1.807, 2.05) is 0 Å². The Morgan fingerprint density at radius 3 is 2.73 bits per heavy atom. The molecule has 0 radical (unpaired) electrons. The lowest BCUT2D eigenvalue weighted by Crippen LogP contribution is -2.44. The summed E-state index contributed by atoms with van der Waals surface area (Å²) in [4.78, 5) is 3.00. The molecular formula is C11H22N2OS. The lowest BCUT2D eigenvalue weighted by molar-refractivity contribution is 0.0677. The van der Waals surface area contributed by atoms with Gasteiger partial charge in [0, 0.05) is 25.1 Å². The second kappa shape index (κ2) is 5.77. The van der Waals surface area contributed by atoms with Gasteiger partial charge in [-0.25, -0.2) is 0 Å². The highest BCUT2D eigenvalue weighted by Gasteiger charge is 2.31. The lowest BCUT2D eigenvalue weighted by Gasteiger charge is -2.33. The number of ether oxygens (including phenoxy) is 1. The number of hydrogen-bond acceptors (Lipinski definition) is 3. The molecule has 0 spiro atoms. The molecule has 1 heterocycles. The van der Waals surface area contributed by atoms with Gasteiger partial charge < -0.3 is 10.5 Å². The molecule has 1 rings (SSSR count). The molecule has 0 aromatic carbocycles. The maximum Gasteiger partial charge on any atom is 0.0743 e. The highest BCUT2D eigenvalue weighted by molar-refractivity contribution is 7.80. The molecule has 1 aliphatic rings. The largest absolute Gasteiger partial charge is 0.393 e. The Morgan fingerprint density at radius 1 is 1.67 bits per heavy atom. The van der Waals surface area contributed by atoms with Crippen molar-refractivity contribution in [2.75, 3.05) is 13.7 Å². The minimum Gasteiger partial charge on any atom is -0.393 e. The second-order valence-electron chi connectivity index (χ2n) is 4.33. The number of nitrogens with zero attached hydrogens (tertiary/aromatic N) is 1. The molecule has 3 unspecified atom stereocenters. The van der Waals surface area contributed by atoms with Gasteiger partial charge >= 0.3 is 0 Å². The quantitative estimate of drug-likeness (QED) is 0.727. The molecule has 1 aliphatic heterocycles. The van der Waals surface area contributed by atoms with Gasteiger partial charge in [-0.1, -0.05) is 19.1 Å². The van der Waals surface area contributed by atoms with E-state index in [0.717, 1.165) is 25.9 Å². The van der Waals surface area contributed by atoms with Crippen molar-refractivity contribution in [3.05, 3.63) is 0 Å². The third kappa shape index (κ3) is 3.40. The molecule has 15 heavy (non-hydrogen) atoms. The van der Waals surface area contributed by atoms with Gasteiger partial charge in [-0.15, -0.1) is 0 Å². The van der Waals surface area contributed by atoms with Crippen LogP contribution < -0.4 is 5.73 Å². The lowest BCUT2D eigenvalue weighted by atomic mass is 10.0. The maximum absolute atomic E-state index is 5.61. The molecule has 3 atom stereocenters. The first-order valence-electron chi connectivity index (χ1n) is 5.68. The average Bonchev–Trinajstić information content (AvgIpc) is 2.59. The van der Waals surface area contributed by atoms with Crippen molar-refractivity contribution in [2.45, 2.75) is 51.3 Å². The zero-order valence-electron chi connectivity index (χ0n) is 9.90. The number of nitrogens with two attached hydrogens (primary N) is 1. The summed E-state index contributed by atoms with van der Waals surface area (Å²) in [6.45, 7) is 5.20. The standard InChI is InChI=1S/C11H22N2OS/c1-4-9(7-11(12)15)13(3)10-5-6-14-8(10)2/h8-10H,4-7H2,1-3H3,(H2,12,15). The van der Waals surface area contributed by atoms with Crippen LogP contribution in [-0.4, -0.2) is 41.7 Å². The van der Waals surface area contributed by atoms with E-state index in [2.05, 4.69) is 25.8 Å². The maximum atomic E-state index is 5.61. The SMILES string of the molecule is CCC(CC(N)=S)N(C)C1CCOC1C. The smallest absolute Gasteiger partial charge is 0.0743 e. The Morgan fingerprint density at radius 2 is 2.33 bits per heavy atom. The third-order valence-electron chi connectivity index (χ3n) is 3.34. The zero-order valence-corrected chi connectivity index (χ0v) is 10.7. The zero-order chi connectivity index (χ0) is 11.4. The van der Waals surface area contributed by atoms with E-state index >= 15 is 0 Å². The summed E-state index contributed by atoms with van der Waals surface area (Å²) in [5.41, 5.74) is 5.61. The second-order valence-corrected chi connectivity index (χ2v) is 4.85. The van der Waals surface area contributed by atoms with Gasteiger partial charge in [0.05, 0.1) is 11.1 Å². The summed E-state index contributed by atoms with van der Waals surface area (Å²) >= 11 is 4.98. The predicted molar refractivity (Wildman–Crippen MR) is 67.1 cm³/mol. The van der Waals surface area contributed by atoms with Crippen molar-refractivity contribution < 1.29 is 4.74 Å². The molecule has 1 fully saturated rings.